The maximum absolute atomic E-state index is 13.6. The van der Waals surface area contributed by atoms with Gasteiger partial charge in [-0.2, -0.15) is 0 Å². The smallest absolute Gasteiger partial charge is 0.238 e. The molecule has 0 bridgehead atoms. The Morgan fingerprint density at radius 1 is 1.46 bits per heavy atom. The summed E-state index contributed by atoms with van der Waals surface area (Å²) in [5, 5.41) is 15.7. The number of amides is 2. The van der Waals surface area contributed by atoms with Gasteiger partial charge in [-0.25, -0.2) is 4.39 Å². The summed E-state index contributed by atoms with van der Waals surface area (Å²) in [4.78, 5) is 26.3. The summed E-state index contributed by atoms with van der Waals surface area (Å²) in [5.74, 6) is -0.952. The molecule has 1 aromatic rings. The number of halogens is 1. The number of aliphatic hydroxyl groups is 1. The number of hydrogen-bond donors (Lipinski definition) is 3. The van der Waals surface area contributed by atoms with Crippen LogP contribution in [0.4, 0.5) is 10.1 Å². The van der Waals surface area contributed by atoms with Gasteiger partial charge in [0.1, 0.15) is 5.82 Å². The van der Waals surface area contributed by atoms with Gasteiger partial charge in [-0.05, 0) is 31.4 Å². The van der Waals surface area contributed by atoms with E-state index in [1.54, 1.807) is 12.1 Å². The molecule has 3 rings (SSSR count). The molecule has 2 aliphatic heterocycles. The van der Waals surface area contributed by atoms with Gasteiger partial charge < -0.3 is 15.7 Å². The third-order valence-electron chi connectivity index (χ3n) is 4.91. The third-order valence-corrected chi connectivity index (χ3v) is 4.91. The van der Waals surface area contributed by atoms with Gasteiger partial charge in [-0.1, -0.05) is 12.1 Å². The number of piperidine rings is 2. The zero-order valence-electron chi connectivity index (χ0n) is 13.4. The zero-order valence-corrected chi connectivity index (χ0v) is 13.4. The van der Waals surface area contributed by atoms with E-state index < -0.39 is 17.3 Å². The van der Waals surface area contributed by atoms with E-state index in [1.807, 2.05) is 4.90 Å². The van der Waals surface area contributed by atoms with E-state index in [9.17, 15) is 19.1 Å². The average Bonchev–Trinajstić information content (AvgIpc) is 2.56. The highest BCUT2D eigenvalue weighted by atomic mass is 19.1. The van der Waals surface area contributed by atoms with E-state index in [4.69, 9.17) is 0 Å². The second-order valence-electron chi connectivity index (χ2n) is 6.56. The number of benzene rings is 1. The van der Waals surface area contributed by atoms with Gasteiger partial charge in [0.2, 0.25) is 11.8 Å². The number of para-hydroxylation sites is 1. The first-order chi connectivity index (χ1) is 11.5. The topological polar surface area (TPSA) is 81.7 Å². The Morgan fingerprint density at radius 3 is 3.00 bits per heavy atom. The van der Waals surface area contributed by atoms with E-state index in [2.05, 4.69) is 10.6 Å². The monoisotopic (exact) mass is 335 g/mol. The summed E-state index contributed by atoms with van der Waals surface area (Å²) >= 11 is 0. The predicted octanol–water partition coefficient (Wildman–Crippen LogP) is 0.727. The van der Waals surface area contributed by atoms with Crippen LogP contribution in [-0.2, 0) is 9.59 Å². The van der Waals surface area contributed by atoms with Gasteiger partial charge in [0, 0.05) is 19.6 Å². The van der Waals surface area contributed by atoms with Crippen LogP contribution in [0, 0.1) is 11.2 Å². The van der Waals surface area contributed by atoms with Gasteiger partial charge in [0.15, 0.2) is 0 Å². The van der Waals surface area contributed by atoms with Crippen LogP contribution >= 0.6 is 0 Å². The molecule has 2 fully saturated rings. The lowest BCUT2D eigenvalue weighted by atomic mass is 9.71. The van der Waals surface area contributed by atoms with Crippen molar-refractivity contribution in [1.29, 1.82) is 0 Å². The largest absolute Gasteiger partial charge is 0.392 e. The fourth-order valence-corrected chi connectivity index (χ4v) is 3.62. The Hall–Kier alpha value is -1.99. The summed E-state index contributed by atoms with van der Waals surface area (Å²) in [6.45, 7) is 1.56. The van der Waals surface area contributed by atoms with Crippen LogP contribution in [0.2, 0.25) is 0 Å². The van der Waals surface area contributed by atoms with Crippen molar-refractivity contribution < 1.29 is 19.1 Å². The number of nitrogens with zero attached hydrogens (tertiary/aromatic N) is 1. The van der Waals surface area contributed by atoms with Gasteiger partial charge in [0.25, 0.3) is 0 Å². The van der Waals surface area contributed by atoms with Crippen LogP contribution in [-0.4, -0.2) is 54.1 Å². The molecule has 2 heterocycles. The minimum absolute atomic E-state index is 0.0656. The van der Waals surface area contributed by atoms with Crippen LogP contribution in [0.25, 0.3) is 0 Å². The predicted molar refractivity (Wildman–Crippen MR) is 86.8 cm³/mol. The molecule has 24 heavy (non-hydrogen) atoms. The Labute approximate surface area is 140 Å². The van der Waals surface area contributed by atoms with Crippen molar-refractivity contribution in [3.8, 4) is 0 Å². The minimum atomic E-state index is -0.839. The van der Waals surface area contributed by atoms with Gasteiger partial charge in [-0.3, -0.25) is 14.5 Å². The number of anilines is 1. The highest BCUT2D eigenvalue weighted by molar-refractivity contribution is 5.92. The Kier molecular flexibility index (Phi) is 4.82. The Bertz CT molecular complexity index is 639. The van der Waals surface area contributed by atoms with E-state index in [0.29, 0.717) is 32.5 Å². The van der Waals surface area contributed by atoms with Crippen LogP contribution in [0.1, 0.15) is 19.3 Å². The fourth-order valence-electron chi connectivity index (χ4n) is 3.62. The summed E-state index contributed by atoms with van der Waals surface area (Å²) in [6, 6.07) is 6.00. The number of carbonyl (C=O) groups is 2. The summed E-state index contributed by atoms with van der Waals surface area (Å²) in [5.41, 5.74) is -0.695. The van der Waals surface area contributed by atoms with Crippen LogP contribution < -0.4 is 10.6 Å². The average molecular weight is 335 g/mol. The van der Waals surface area contributed by atoms with E-state index in [0.717, 1.165) is 6.42 Å². The first-order valence-corrected chi connectivity index (χ1v) is 8.24. The molecule has 0 radical (unpaired) electrons. The van der Waals surface area contributed by atoms with Gasteiger partial charge >= 0.3 is 0 Å². The lowest BCUT2D eigenvalue weighted by Gasteiger charge is -2.46. The Balaban J connectivity index is 1.64. The molecular weight excluding hydrogens is 313 g/mol. The van der Waals surface area contributed by atoms with Crippen LogP contribution in [0.3, 0.4) is 0 Å². The lowest BCUT2D eigenvalue weighted by Crippen LogP contribution is -2.61. The van der Waals surface area contributed by atoms with E-state index >= 15 is 0 Å². The van der Waals surface area contributed by atoms with Gasteiger partial charge in [-0.15, -0.1) is 0 Å². The highest BCUT2D eigenvalue weighted by Crippen LogP contribution is 2.37. The zero-order chi connectivity index (χ0) is 17.2. The van der Waals surface area contributed by atoms with Crippen LogP contribution in [0.15, 0.2) is 24.3 Å². The fraction of sp³-hybridized carbons (Fsp3) is 0.529. The maximum atomic E-state index is 13.6. The lowest BCUT2D eigenvalue weighted by molar-refractivity contribution is -0.150. The SMILES string of the molecule is O=C(CN1CC[C@H](O)[C@@]2(CCCNC2=O)C1)Nc1ccccc1F. The molecule has 0 unspecified atom stereocenters. The standard InChI is InChI=1S/C17H22FN3O3/c18-12-4-1-2-5-13(12)20-15(23)10-21-9-6-14(22)17(11-21)7-3-8-19-16(17)24/h1-2,4-5,14,22H,3,6-11H2,(H,19,24)(H,20,23)/t14-,17+/m0/s1. The van der Waals surface area contributed by atoms with Crippen LogP contribution in [0.5, 0.6) is 0 Å². The number of nitrogens with one attached hydrogen (secondary N) is 2. The molecule has 1 spiro atoms. The number of rotatable bonds is 3. The third kappa shape index (κ3) is 3.27. The molecule has 2 aliphatic rings. The summed E-state index contributed by atoms with van der Waals surface area (Å²) in [7, 11) is 0. The van der Waals surface area contributed by atoms with E-state index in [1.165, 1.54) is 12.1 Å². The minimum Gasteiger partial charge on any atom is -0.392 e. The van der Waals surface area contributed by atoms with E-state index in [-0.39, 0.29) is 24.0 Å². The van der Waals surface area contributed by atoms with Crippen molar-refractivity contribution in [2.24, 2.45) is 5.41 Å². The molecule has 0 aromatic heterocycles. The molecule has 2 atom stereocenters. The summed E-state index contributed by atoms with van der Waals surface area (Å²) in [6.07, 6.45) is 1.19. The number of aliphatic hydroxyl groups excluding tert-OH is 1. The molecule has 2 amide bonds. The second kappa shape index (κ2) is 6.86. The van der Waals surface area contributed by atoms with Crippen molar-refractivity contribution in [3.63, 3.8) is 0 Å². The first-order valence-electron chi connectivity index (χ1n) is 8.24. The normalized spacial score (nSPS) is 27.8. The Morgan fingerprint density at radius 2 is 2.25 bits per heavy atom. The molecule has 0 saturated carbocycles. The van der Waals surface area contributed by atoms with Crippen molar-refractivity contribution in [2.75, 3.05) is 31.5 Å². The number of hydrogen-bond acceptors (Lipinski definition) is 4. The first kappa shape index (κ1) is 16.9. The van der Waals surface area contributed by atoms with Crippen molar-refractivity contribution >= 4 is 17.5 Å². The molecule has 0 aliphatic carbocycles. The molecule has 7 heteroatoms. The molecule has 130 valence electrons. The molecule has 2 saturated heterocycles. The summed E-state index contributed by atoms with van der Waals surface area (Å²) < 4.78 is 13.6. The van der Waals surface area contributed by atoms with Gasteiger partial charge in [0.05, 0.1) is 23.8 Å². The molecule has 1 aromatic carbocycles. The molecule has 3 N–H and O–H groups in total. The van der Waals surface area contributed by atoms with Crippen molar-refractivity contribution in [3.05, 3.63) is 30.1 Å². The number of likely N-dealkylation sites (tertiary alicyclic amines) is 1. The number of carbonyl (C=O) groups excluding carboxylic acids is 2. The maximum Gasteiger partial charge on any atom is 0.238 e. The second-order valence-corrected chi connectivity index (χ2v) is 6.56. The van der Waals surface area contributed by atoms with Crippen molar-refractivity contribution in [2.45, 2.75) is 25.4 Å². The highest BCUT2D eigenvalue weighted by Gasteiger charge is 2.49. The molecular formula is C17H22FN3O3. The molecule has 6 nitrogen and oxygen atoms in total. The van der Waals surface area contributed by atoms with Crippen molar-refractivity contribution in [1.82, 2.24) is 10.2 Å². The quantitative estimate of drug-likeness (QED) is 0.761.